The van der Waals surface area contributed by atoms with Gasteiger partial charge in [-0.2, -0.15) is 0 Å². The number of para-hydroxylation sites is 2. The minimum atomic E-state index is 0.208. The van der Waals surface area contributed by atoms with Crippen molar-refractivity contribution in [2.45, 2.75) is 25.7 Å². The van der Waals surface area contributed by atoms with E-state index in [1.807, 2.05) is 11.0 Å². The molecule has 4 heteroatoms. The standard InChI is InChI=1S/C16H21ClN2O/c17-11-13-10-16(20)19(12-13)15-7-3-2-6-14(15)18-8-4-1-5-9-18/h2-3,6-7,13H,1,4-5,8-12H2. The molecule has 108 valence electrons. The number of anilines is 2. The molecule has 2 heterocycles. The smallest absolute Gasteiger partial charge is 0.227 e. The molecule has 1 amide bonds. The van der Waals surface area contributed by atoms with E-state index in [4.69, 9.17) is 11.6 Å². The first-order valence-electron chi connectivity index (χ1n) is 7.50. The van der Waals surface area contributed by atoms with Crippen molar-refractivity contribution < 1.29 is 4.79 Å². The summed E-state index contributed by atoms with van der Waals surface area (Å²) in [6.07, 6.45) is 4.38. The maximum absolute atomic E-state index is 12.2. The molecule has 3 nitrogen and oxygen atoms in total. The number of hydrogen-bond donors (Lipinski definition) is 0. The molecule has 2 aliphatic rings. The van der Waals surface area contributed by atoms with E-state index in [1.165, 1.54) is 24.9 Å². The van der Waals surface area contributed by atoms with Crippen molar-refractivity contribution in [3.05, 3.63) is 24.3 Å². The molecule has 2 aliphatic heterocycles. The third kappa shape index (κ3) is 2.64. The number of halogens is 1. The molecule has 2 fully saturated rings. The predicted molar refractivity (Wildman–Crippen MR) is 83.7 cm³/mol. The van der Waals surface area contributed by atoms with E-state index in [9.17, 15) is 4.79 Å². The number of nitrogens with zero attached hydrogens (tertiary/aromatic N) is 2. The third-order valence-corrected chi connectivity index (χ3v) is 4.73. The molecule has 3 rings (SSSR count). The zero-order valence-electron chi connectivity index (χ0n) is 11.7. The van der Waals surface area contributed by atoms with E-state index in [2.05, 4.69) is 23.1 Å². The van der Waals surface area contributed by atoms with Crippen LogP contribution in [0.1, 0.15) is 25.7 Å². The Morgan fingerprint density at radius 2 is 1.80 bits per heavy atom. The van der Waals surface area contributed by atoms with Crippen LogP contribution < -0.4 is 9.80 Å². The van der Waals surface area contributed by atoms with Gasteiger partial charge in [0.15, 0.2) is 0 Å². The molecule has 2 saturated heterocycles. The molecule has 1 atom stereocenters. The van der Waals surface area contributed by atoms with Gasteiger partial charge in [-0.05, 0) is 37.3 Å². The van der Waals surface area contributed by atoms with Gasteiger partial charge >= 0.3 is 0 Å². The Morgan fingerprint density at radius 3 is 2.45 bits per heavy atom. The van der Waals surface area contributed by atoms with E-state index < -0.39 is 0 Å². The summed E-state index contributed by atoms with van der Waals surface area (Å²) >= 11 is 5.93. The molecule has 0 aliphatic carbocycles. The zero-order chi connectivity index (χ0) is 13.9. The number of hydrogen-bond acceptors (Lipinski definition) is 2. The number of rotatable bonds is 3. The Kier molecular flexibility index (Phi) is 4.16. The van der Waals surface area contributed by atoms with Gasteiger partial charge in [0.1, 0.15) is 0 Å². The Labute approximate surface area is 125 Å². The predicted octanol–water partition coefficient (Wildman–Crippen LogP) is 3.27. The topological polar surface area (TPSA) is 23.6 Å². The van der Waals surface area contributed by atoms with E-state index >= 15 is 0 Å². The fourth-order valence-corrected chi connectivity index (χ4v) is 3.42. The minimum Gasteiger partial charge on any atom is -0.370 e. The van der Waals surface area contributed by atoms with Crippen LogP contribution >= 0.6 is 11.6 Å². The number of amides is 1. The van der Waals surface area contributed by atoms with Crippen molar-refractivity contribution in [2.75, 3.05) is 35.3 Å². The highest BCUT2D eigenvalue weighted by molar-refractivity contribution is 6.18. The summed E-state index contributed by atoms with van der Waals surface area (Å²) in [4.78, 5) is 16.6. The lowest BCUT2D eigenvalue weighted by atomic mass is 10.1. The van der Waals surface area contributed by atoms with Crippen LogP contribution in [0, 0.1) is 5.92 Å². The van der Waals surface area contributed by atoms with E-state index in [0.717, 1.165) is 25.3 Å². The van der Waals surface area contributed by atoms with Crippen LogP contribution in [0.25, 0.3) is 0 Å². The summed E-state index contributed by atoms with van der Waals surface area (Å²) in [7, 11) is 0. The van der Waals surface area contributed by atoms with Gasteiger partial charge < -0.3 is 9.80 Å². The summed E-state index contributed by atoms with van der Waals surface area (Å²) in [5.41, 5.74) is 2.27. The number of piperidine rings is 1. The second kappa shape index (κ2) is 6.04. The maximum atomic E-state index is 12.2. The van der Waals surface area contributed by atoms with Crippen molar-refractivity contribution in [1.29, 1.82) is 0 Å². The highest BCUT2D eigenvalue weighted by atomic mass is 35.5. The van der Waals surface area contributed by atoms with Gasteiger partial charge in [0.25, 0.3) is 0 Å². The van der Waals surface area contributed by atoms with E-state index in [1.54, 1.807) is 0 Å². The summed E-state index contributed by atoms with van der Waals surface area (Å²) < 4.78 is 0. The van der Waals surface area contributed by atoms with Crippen molar-refractivity contribution in [1.82, 2.24) is 0 Å². The van der Waals surface area contributed by atoms with Gasteiger partial charge in [-0.15, -0.1) is 11.6 Å². The Hall–Kier alpha value is -1.22. The monoisotopic (exact) mass is 292 g/mol. The van der Waals surface area contributed by atoms with Crippen LogP contribution in [0.4, 0.5) is 11.4 Å². The van der Waals surface area contributed by atoms with Crippen LogP contribution in [0.2, 0.25) is 0 Å². The highest BCUT2D eigenvalue weighted by Crippen LogP contribution is 2.35. The van der Waals surface area contributed by atoms with Crippen LogP contribution in [-0.2, 0) is 4.79 Å². The van der Waals surface area contributed by atoms with Crippen molar-refractivity contribution in [3.63, 3.8) is 0 Å². The molecule has 0 saturated carbocycles. The van der Waals surface area contributed by atoms with Crippen LogP contribution in [0.15, 0.2) is 24.3 Å². The van der Waals surface area contributed by atoms with Crippen molar-refractivity contribution in [3.8, 4) is 0 Å². The minimum absolute atomic E-state index is 0.208. The summed E-state index contributed by atoms with van der Waals surface area (Å²) in [5, 5.41) is 0. The number of benzene rings is 1. The Morgan fingerprint density at radius 1 is 1.10 bits per heavy atom. The number of carbonyl (C=O) groups excluding carboxylic acids is 1. The van der Waals surface area contributed by atoms with E-state index in [0.29, 0.717) is 18.2 Å². The summed E-state index contributed by atoms with van der Waals surface area (Å²) in [5.74, 6) is 1.06. The first-order chi connectivity index (χ1) is 9.79. The van der Waals surface area contributed by atoms with Gasteiger partial charge in [-0.1, -0.05) is 12.1 Å². The van der Waals surface area contributed by atoms with Gasteiger partial charge in [0.05, 0.1) is 11.4 Å². The molecule has 1 aromatic rings. The first-order valence-corrected chi connectivity index (χ1v) is 8.03. The van der Waals surface area contributed by atoms with Gasteiger partial charge in [-0.3, -0.25) is 4.79 Å². The average Bonchev–Trinajstić information content (AvgIpc) is 2.89. The van der Waals surface area contributed by atoms with Crippen LogP contribution in [-0.4, -0.2) is 31.4 Å². The molecule has 20 heavy (non-hydrogen) atoms. The Bertz CT molecular complexity index is 485. The summed E-state index contributed by atoms with van der Waals surface area (Å²) in [6.45, 7) is 2.95. The molecule has 0 radical (unpaired) electrons. The van der Waals surface area contributed by atoms with Crippen molar-refractivity contribution in [2.24, 2.45) is 5.92 Å². The lowest BCUT2D eigenvalue weighted by Gasteiger charge is -2.32. The average molecular weight is 293 g/mol. The van der Waals surface area contributed by atoms with Gasteiger partial charge in [0.2, 0.25) is 5.91 Å². The summed E-state index contributed by atoms with van der Waals surface area (Å²) in [6, 6.07) is 8.29. The lowest BCUT2D eigenvalue weighted by Crippen LogP contribution is -2.33. The van der Waals surface area contributed by atoms with Gasteiger partial charge in [0, 0.05) is 31.9 Å². The fourth-order valence-electron chi connectivity index (χ4n) is 3.21. The molecule has 0 N–H and O–H groups in total. The third-order valence-electron chi connectivity index (χ3n) is 4.29. The maximum Gasteiger partial charge on any atom is 0.227 e. The van der Waals surface area contributed by atoms with Crippen LogP contribution in [0.3, 0.4) is 0 Å². The lowest BCUT2D eigenvalue weighted by molar-refractivity contribution is -0.117. The van der Waals surface area contributed by atoms with Crippen molar-refractivity contribution >= 4 is 28.9 Å². The Balaban J connectivity index is 1.87. The second-order valence-corrected chi connectivity index (χ2v) is 6.07. The normalized spacial score (nSPS) is 23.4. The number of carbonyl (C=O) groups is 1. The fraction of sp³-hybridized carbons (Fsp3) is 0.562. The molecule has 1 unspecified atom stereocenters. The molecule has 0 spiro atoms. The largest absolute Gasteiger partial charge is 0.370 e. The highest BCUT2D eigenvalue weighted by Gasteiger charge is 2.31. The number of alkyl halides is 1. The zero-order valence-corrected chi connectivity index (χ0v) is 12.5. The second-order valence-electron chi connectivity index (χ2n) is 5.77. The molecule has 1 aromatic carbocycles. The quantitative estimate of drug-likeness (QED) is 0.798. The van der Waals surface area contributed by atoms with E-state index in [-0.39, 0.29) is 5.91 Å². The molecular weight excluding hydrogens is 272 g/mol. The molecule has 0 bridgehead atoms. The molecular formula is C16H21ClN2O. The van der Waals surface area contributed by atoms with Crippen LogP contribution in [0.5, 0.6) is 0 Å². The molecule has 0 aromatic heterocycles. The van der Waals surface area contributed by atoms with Gasteiger partial charge in [-0.25, -0.2) is 0 Å². The first kappa shape index (κ1) is 13.7. The SMILES string of the molecule is O=C1CC(CCl)CN1c1ccccc1N1CCCCC1.